The van der Waals surface area contributed by atoms with E-state index in [0.29, 0.717) is 18.8 Å². The van der Waals surface area contributed by atoms with E-state index < -0.39 is 0 Å². The summed E-state index contributed by atoms with van der Waals surface area (Å²) in [7, 11) is 0. The normalized spacial score (nSPS) is 12.1. The molecule has 8 heteroatoms. The summed E-state index contributed by atoms with van der Waals surface area (Å²) in [6, 6.07) is 6.07. The number of carbonyl (C=O) groups excluding carboxylic acids is 1. The van der Waals surface area contributed by atoms with Crippen molar-refractivity contribution in [2.24, 2.45) is 0 Å². The summed E-state index contributed by atoms with van der Waals surface area (Å²) in [6.45, 7) is 2.24. The van der Waals surface area contributed by atoms with Crippen molar-refractivity contribution in [2.45, 2.75) is 25.8 Å². The zero-order valence-electron chi connectivity index (χ0n) is 14.9. The predicted molar refractivity (Wildman–Crippen MR) is 105 cm³/mol. The van der Waals surface area contributed by atoms with Crippen molar-refractivity contribution in [1.82, 2.24) is 15.3 Å². The standard InChI is InChI=1S/C19H21FN4O2S/c1-2-14(9-25)24-16(26)7-8-21-18-17-15(10-27-19(17)23-11-22-18)12-3-5-13(20)6-4-12/h3-6,10-11,14,25H,2,7-9H2,1H3,(H,24,26)(H,21,22,23). The van der Waals surface area contributed by atoms with Crippen LogP contribution in [0.3, 0.4) is 0 Å². The molecule has 0 aliphatic heterocycles. The SMILES string of the molecule is CCC(CO)NC(=O)CCNc1ncnc2scc(-c3ccc(F)cc3)c12. The minimum atomic E-state index is -0.285. The van der Waals surface area contributed by atoms with Crippen LogP contribution in [-0.4, -0.2) is 40.2 Å². The molecule has 1 atom stereocenters. The number of hydrogen-bond donors (Lipinski definition) is 3. The van der Waals surface area contributed by atoms with Crippen molar-refractivity contribution in [2.75, 3.05) is 18.5 Å². The van der Waals surface area contributed by atoms with Crippen LogP contribution in [0.1, 0.15) is 19.8 Å². The Hall–Kier alpha value is -2.58. The number of anilines is 1. The van der Waals surface area contributed by atoms with Gasteiger partial charge in [-0.1, -0.05) is 19.1 Å². The van der Waals surface area contributed by atoms with Crippen LogP contribution in [0.4, 0.5) is 10.2 Å². The lowest BCUT2D eigenvalue weighted by Gasteiger charge is -2.14. The number of amides is 1. The van der Waals surface area contributed by atoms with E-state index in [1.165, 1.54) is 29.8 Å². The molecule has 2 heterocycles. The maximum absolute atomic E-state index is 13.2. The predicted octanol–water partition coefficient (Wildman–Crippen LogP) is 3.19. The average molecular weight is 388 g/mol. The van der Waals surface area contributed by atoms with Crippen LogP contribution in [0.2, 0.25) is 0 Å². The van der Waals surface area contributed by atoms with E-state index in [2.05, 4.69) is 20.6 Å². The summed E-state index contributed by atoms with van der Waals surface area (Å²) < 4.78 is 13.2. The Morgan fingerprint density at radius 1 is 1.30 bits per heavy atom. The highest BCUT2D eigenvalue weighted by molar-refractivity contribution is 7.17. The number of rotatable bonds is 8. The van der Waals surface area contributed by atoms with Crippen molar-refractivity contribution in [3.05, 3.63) is 41.8 Å². The Labute approximate surface area is 160 Å². The Balaban J connectivity index is 1.74. The molecule has 1 aromatic carbocycles. The fraction of sp³-hybridized carbons (Fsp3) is 0.316. The Morgan fingerprint density at radius 3 is 2.78 bits per heavy atom. The molecule has 0 saturated heterocycles. The number of nitrogens with zero attached hydrogens (tertiary/aromatic N) is 2. The second-order valence-corrected chi connectivity index (χ2v) is 6.95. The molecule has 6 nitrogen and oxygen atoms in total. The van der Waals surface area contributed by atoms with Gasteiger partial charge in [-0.25, -0.2) is 14.4 Å². The summed E-state index contributed by atoms with van der Waals surface area (Å²) in [5.74, 6) is 0.229. The number of carbonyl (C=O) groups is 1. The van der Waals surface area contributed by atoms with E-state index in [1.54, 1.807) is 12.1 Å². The smallest absolute Gasteiger partial charge is 0.222 e. The molecule has 0 bridgehead atoms. The zero-order chi connectivity index (χ0) is 19.2. The van der Waals surface area contributed by atoms with Crippen molar-refractivity contribution < 1.29 is 14.3 Å². The monoisotopic (exact) mass is 388 g/mol. The second-order valence-electron chi connectivity index (χ2n) is 6.09. The number of benzene rings is 1. The van der Waals surface area contributed by atoms with Crippen molar-refractivity contribution in [1.29, 1.82) is 0 Å². The molecule has 0 saturated carbocycles. The Kier molecular flexibility index (Phi) is 6.31. The average Bonchev–Trinajstić information content (AvgIpc) is 3.12. The first kappa shape index (κ1) is 19.2. The van der Waals surface area contributed by atoms with Gasteiger partial charge in [0.15, 0.2) is 0 Å². The van der Waals surface area contributed by atoms with Crippen LogP contribution >= 0.6 is 11.3 Å². The highest BCUT2D eigenvalue weighted by atomic mass is 32.1. The van der Waals surface area contributed by atoms with Crippen molar-refractivity contribution in [3.63, 3.8) is 0 Å². The molecule has 1 amide bonds. The fourth-order valence-corrected chi connectivity index (χ4v) is 3.64. The van der Waals surface area contributed by atoms with Gasteiger partial charge in [-0.15, -0.1) is 11.3 Å². The van der Waals surface area contributed by atoms with E-state index in [0.717, 1.165) is 21.3 Å². The van der Waals surface area contributed by atoms with Crippen molar-refractivity contribution >= 4 is 33.3 Å². The first-order chi connectivity index (χ1) is 13.1. The number of hydrogen-bond acceptors (Lipinski definition) is 6. The molecule has 0 fully saturated rings. The number of nitrogens with one attached hydrogen (secondary N) is 2. The Bertz CT molecular complexity index is 910. The topological polar surface area (TPSA) is 87.1 Å². The molecule has 3 aromatic rings. The molecule has 2 aromatic heterocycles. The summed E-state index contributed by atoms with van der Waals surface area (Å²) in [5, 5.41) is 18.0. The first-order valence-electron chi connectivity index (χ1n) is 8.74. The molecule has 0 radical (unpaired) electrons. The minimum absolute atomic E-state index is 0.0713. The number of halogens is 1. The van der Waals surface area contributed by atoms with Crippen molar-refractivity contribution in [3.8, 4) is 11.1 Å². The highest BCUT2D eigenvalue weighted by Crippen LogP contribution is 2.36. The summed E-state index contributed by atoms with van der Waals surface area (Å²) in [6.07, 6.45) is 2.42. The van der Waals surface area contributed by atoms with E-state index in [-0.39, 0.29) is 30.8 Å². The molecule has 3 rings (SSSR count). The zero-order valence-corrected chi connectivity index (χ0v) is 15.7. The third kappa shape index (κ3) is 4.58. The molecule has 3 N–H and O–H groups in total. The van der Waals surface area contributed by atoms with Gasteiger partial charge in [0, 0.05) is 23.9 Å². The molecular formula is C19H21FN4O2S. The third-order valence-corrected chi connectivity index (χ3v) is 5.13. The fourth-order valence-electron chi connectivity index (χ4n) is 2.72. The van der Waals surface area contributed by atoms with E-state index in [4.69, 9.17) is 5.11 Å². The molecular weight excluding hydrogens is 367 g/mol. The van der Waals surface area contributed by atoms with Crippen LogP contribution < -0.4 is 10.6 Å². The number of aliphatic hydroxyl groups excluding tert-OH is 1. The van der Waals surface area contributed by atoms with Gasteiger partial charge in [0.1, 0.15) is 22.8 Å². The first-order valence-corrected chi connectivity index (χ1v) is 9.62. The van der Waals surface area contributed by atoms with Gasteiger partial charge in [-0.05, 0) is 24.1 Å². The molecule has 0 aliphatic rings. The largest absolute Gasteiger partial charge is 0.394 e. The summed E-state index contributed by atoms with van der Waals surface area (Å²) in [5.41, 5.74) is 1.81. The van der Waals surface area contributed by atoms with Crippen LogP contribution in [0.15, 0.2) is 36.0 Å². The van der Waals surface area contributed by atoms with E-state index in [9.17, 15) is 9.18 Å². The lowest BCUT2D eigenvalue weighted by atomic mass is 10.1. The maximum Gasteiger partial charge on any atom is 0.222 e. The molecule has 142 valence electrons. The van der Waals surface area contributed by atoms with Crippen LogP contribution in [0.25, 0.3) is 21.3 Å². The van der Waals surface area contributed by atoms with Crippen LogP contribution in [0.5, 0.6) is 0 Å². The van der Waals surface area contributed by atoms with E-state index >= 15 is 0 Å². The van der Waals surface area contributed by atoms with Gasteiger partial charge >= 0.3 is 0 Å². The highest BCUT2D eigenvalue weighted by Gasteiger charge is 2.14. The second kappa shape index (κ2) is 8.88. The quantitative estimate of drug-likeness (QED) is 0.552. The number of aromatic nitrogens is 2. The minimum Gasteiger partial charge on any atom is -0.394 e. The van der Waals surface area contributed by atoms with E-state index in [1.807, 2.05) is 12.3 Å². The van der Waals surface area contributed by atoms with Gasteiger partial charge in [0.25, 0.3) is 0 Å². The third-order valence-electron chi connectivity index (χ3n) is 4.25. The number of fused-ring (bicyclic) bond motifs is 1. The molecule has 27 heavy (non-hydrogen) atoms. The number of aliphatic hydroxyl groups is 1. The van der Waals surface area contributed by atoms with Crippen LogP contribution in [0, 0.1) is 5.82 Å². The van der Waals surface area contributed by atoms with Gasteiger partial charge < -0.3 is 15.7 Å². The van der Waals surface area contributed by atoms with Gasteiger partial charge in [-0.2, -0.15) is 0 Å². The van der Waals surface area contributed by atoms with Gasteiger partial charge in [0.2, 0.25) is 5.91 Å². The summed E-state index contributed by atoms with van der Waals surface area (Å²) in [4.78, 5) is 21.4. The van der Waals surface area contributed by atoms with Gasteiger partial charge in [0.05, 0.1) is 18.0 Å². The molecule has 1 unspecified atom stereocenters. The van der Waals surface area contributed by atoms with Crippen LogP contribution in [-0.2, 0) is 4.79 Å². The summed E-state index contributed by atoms with van der Waals surface area (Å²) >= 11 is 1.49. The molecule has 0 spiro atoms. The Morgan fingerprint density at radius 2 is 2.07 bits per heavy atom. The lowest BCUT2D eigenvalue weighted by molar-refractivity contribution is -0.121. The molecule has 0 aliphatic carbocycles. The van der Waals surface area contributed by atoms with Gasteiger partial charge in [-0.3, -0.25) is 4.79 Å². The lowest BCUT2D eigenvalue weighted by Crippen LogP contribution is -2.37. The maximum atomic E-state index is 13.2. The number of thiophene rings is 1.